The maximum Gasteiger partial charge on any atom is 0.406 e. The van der Waals surface area contributed by atoms with E-state index >= 15 is 0 Å². The van der Waals surface area contributed by atoms with Crippen LogP contribution in [0.25, 0.3) is 0 Å². The molecule has 0 bridgehead atoms. The van der Waals surface area contributed by atoms with Crippen molar-refractivity contribution in [1.82, 2.24) is 0 Å². The van der Waals surface area contributed by atoms with Crippen molar-refractivity contribution >= 4 is 17.9 Å². The van der Waals surface area contributed by atoms with Gasteiger partial charge in [0.25, 0.3) is 0 Å². The zero-order valence-corrected chi connectivity index (χ0v) is 15.4. The van der Waals surface area contributed by atoms with Gasteiger partial charge >= 0.3 is 12.1 Å². The largest absolute Gasteiger partial charge is 0.465 e. The van der Waals surface area contributed by atoms with Crippen LogP contribution < -0.4 is 0 Å². The minimum absolute atomic E-state index is 0.0829. The number of halogens is 3. The Hall–Kier alpha value is -2.89. The summed E-state index contributed by atoms with van der Waals surface area (Å²) in [4.78, 5) is 11.9. The Bertz CT molecular complexity index is 901. The Kier molecular flexibility index (Phi) is 5.97. The number of para-hydroxylation sites is 1. The molecule has 0 fully saturated rings. The van der Waals surface area contributed by atoms with Crippen molar-refractivity contribution in [1.29, 1.82) is 0 Å². The number of carbonyl (C=O) groups is 1. The second-order valence-corrected chi connectivity index (χ2v) is 6.50. The fourth-order valence-electron chi connectivity index (χ4n) is 3.29. The van der Waals surface area contributed by atoms with Crippen molar-refractivity contribution in [3.63, 3.8) is 0 Å². The van der Waals surface area contributed by atoms with Crippen LogP contribution in [0.3, 0.4) is 0 Å². The summed E-state index contributed by atoms with van der Waals surface area (Å²) in [7, 11) is 0. The molecule has 0 saturated carbocycles. The van der Waals surface area contributed by atoms with E-state index in [-0.39, 0.29) is 18.7 Å². The van der Waals surface area contributed by atoms with Crippen molar-refractivity contribution in [3.8, 4) is 0 Å². The molecule has 2 aromatic rings. The molecule has 6 heteroatoms. The third kappa shape index (κ3) is 4.50. The van der Waals surface area contributed by atoms with Gasteiger partial charge in [-0.2, -0.15) is 17.7 Å². The van der Waals surface area contributed by atoms with Gasteiger partial charge in [-0.15, -0.1) is 0 Å². The zero-order chi connectivity index (χ0) is 20.1. The molecule has 2 aromatic carbocycles. The van der Waals surface area contributed by atoms with Crippen LogP contribution in [0.4, 0.5) is 18.9 Å². The predicted molar refractivity (Wildman–Crippen MR) is 101 cm³/mol. The highest BCUT2D eigenvalue weighted by atomic mass is 19.4. The molecule has 1 aliphatic heterocycles. The normalized spacial score (nSPS) is 15.0. The van der Waals surface area contributed by atoms with E-state index in [0.717, 1.165) is 16.8 Å². The van der Waals surface area contributed by atoms with Gasteiger partial charge in [0.05, 0.1) is 6.61 Å². The van der Waals surface area contributed by atoms with E-state index < -0.39 is 18.1 Å². The SMILES string of the molecule is CCOC(=O)C(C1=CC[N+](c2ccccc2Cc2ccccc2)=C1)C(F)(F)F. The van der Waals surface area contributed by atoms with E-state index in [1.807, 2.05) is 54.6 Å². The average molecular weight is 388 g/mol. The van der Waals surface area contributed by atoms with Gasteiger partial charge in [-0.3, -0.25) is 4.79 Å². The topological polar surface area (TPSA) is 29.3 Å². The van der Waals surface area contributed by atoms with Crippen molar-refractivity contribution < 1.29 is 27.3 Å². The van der Waals surface area contributed by atoms with Gasteiger partial charge in [-0.1, -0.05) is 48.5 Å². The molecule has 146 valence electrons. The molecule has 1 aliphatic rings. The molecule has 1 heterocycles. The van der Waals surface area contributed by atoms with Crippen LogP contribution in [0.15, 0.2) is 66.2 Å². The number of rotatable bonds is 6. The molecule has 0 amide bonds. The Balaban J connectivity index is 1.89. The Morgan fingerprint density at radius 2 is 1.79 bits per heavy atom. The van der Waals surface area contributed by atoms with E-state index in [0.29, 0.717) is 6.42 Å². The summed E-state index contributed by atoms with van der Waals surface area (Å²) >= 11 is 0. The lowest BCUT2D eigenvalue weighted by atomic mass is 10.00. The lowest BCUT2D eigenvalue weighted by Crippen LogP contribution is -2.34. The van der Waals surface area contributed by atoms with Crippen molar-refractivity contribution in [2.24, 2.45) is 5.92 Å². The summed E-state index contributed by atoms with van der Waals surface area (Å²) in [5, 5.41) is 0. The first-order chi connectivity index (χ1) is 13.4. The predicted octanol–water partition coefficient (Wildman–Crippen LogP) is 4.67. The number of benzene rings is 2. The first-order valence-electron chi connectivity index (χ1n) is 9.07. The fraction of sp³-hybridized carbons (Fsp3) is 0.273. The van der Waals surface area contributed by atoms with Crippen LogP contribution in [-0.4, -0.2) is 36.1 Å². The van der Waals surface area contributed by atoms with Gasteiger partial charge in [0.2, 0.25) is 5.69 Å². The maximum atomic E-state index is 13.5. The summed E-state index contributed by atoms with van der Waals surface area (Å²) in [5.74, 6) is -3.53. The molecule has 0 aromatic heterocycles. The highest BCUT2D eigenvalue weighted by molar-refractivity contribution is 5.89. The van der Waals surface area contributed by atoms with Gasteiger partial charge in [0, 0.05) is 23.6 Å². The second kappa shape index (κ2) is 8.42. The third-order valence-corrected chi connectivity index (χ3v) is 4.55. The van der Waals surface area contributed by atoms with E-state index in [4.69, 9.17) is 0 Å². The first kappa shape index (κ1) is 19.9. The van der Waals surface area contributed by atoms with E-state index in [1.165, 1.54) is 19.2 Å². The molecule has 0 N–H and O–H groups in total. The number of carbonyl (C=O) groups excluding carboxylic acids is 1. The molecule has 1 atom stereocenters. The van der Waals surface area contributed by atoms with Crippen LogP contribution in [0.2, 0.25) is 0 Å². The Morgan fingerprint density at radius 1 is 1.11 bits per heavy atom. The maximum absolute atomic E-state index is 13.5. The number of nitrogens with zero attached hydrogens (tertiary/aromatic N) is 1. The summed E-state index contributed by atoms with van der Waals surface area (Å²) in [6, 6.07) is 17.4. The van der Waals surface area contributed by atoms with Gasteiger partial charge in [0.1, 0.15) is 0 Å². The van der Waals surface area contributed by atoms with Gasteiger partial charge in [-0.05, 0) is 18.6 Å². The number of hydrogen-bond donors (Lipinski definition) is 0. The highest BCUT2D eigenvalue weighted by Crippen LogP contribution is 2.34. The molecule has 0 spiro atoms. The fourth-order valence-corrected chi connectivity index (χ4v) is 3.29. The number of alkyl halides is 3. The van der Waals surface area contributed by atoms with Gasteiger partial charge < -0.3 is 4.74 Å². The van der Waals surface area contributed by atoms with Crippen molar-refractivity contribution in [2.75, 3.05) is 13.2 Å². The summed E-state index contributed by atoms with van der Waals surface area (Å²) < 4.78 is 46.8. The lowest BCUT2D eigenvalue weighted by Gasteiger charge is -2.17. The quantitative estimate of drug-likeness (QED) is 0.531. The zero-order valence-electron chi connectivity index (χ0n) is 15.4. The van der Waals surface area contributed by atoms with E-state index in [1.54, 1.807) is 4.58 Å². The standard InChI is InChI=1S/C22H21F3NO2/c1-2-28-21(27)20(22(23,24)25)18-12-13-26(15-18)19-11-7-6-10-17(19)14-16-8-4-3-5-9-16/h3-12,15,20H,2,13-14H2,1H3/q+1. The first-order valence-corrected chi connectivity index (χ1v) is 9.07. The van der Waals surface area contributed by atoms with Crippen LogP contribution in [0.5, 0.6) is 0 Å². The molecule has 3 rings (SSSR count). The smallest absolute Gasteiger partial charge is 0.406 e. The summed E-state index contributed by atoms with van der Waals surface area (Å²) in [6.07, 6.45) is -1.20. The van der Waals surface area contributed by atoms with E-state index in [2.05, 4.69) is 4.74 Å². The van der Waals surface area contributed by atoms with Crippen molar-refractivity contribution in [2.45, 2.75) is 19.5 Å². The Morgan fingerprint density at radius 3 is 2.46 bits per heavy atom. The van der Waals surface area contributed by atoms with Crippen molar-refractivity contribution in [3.05, 3.63) is 77.4 Å². The molecular weight excluding hydrogens is 367 g/mol. The molecule has 3 nitrogen and oxygen atoms in total. The van der Waals surface area contributed by atoms with E-state index in [9.17, 15) is 18.0 Å². The molecule has 0 saturated heterocycles. The van der Waals surface area contributed by atoms with Crippen LogP contribution >= 0.6 is 0 Å². The van der Waals surface area contributed by atoms with Gasteiger partial charge in [0.15, 0.2) is 18.7 Å². The molecule has 28 heavy (non-hydrogen) atoms. The highest BCUT2D eigenvalue weighted by Gasteiger charge is 2.50. The minimum Gasteiger partial charge on any atom is -0.465 e. The molecular formula is C22H21F3NO2+. The Labute approximate surface area is 161 Å². The average Bonchev–Trinajstić information content (AvgIpc) is 3.11. The summed E-state index contributed by atoms with van der Waals surface area (Å²) in [5.41, 5.74) is 2.85. The second-order valence-electron chi connectivity index (χ2n) is 6.50. The lowest BCUT2D eigenvalue weighted by molar-refractivity contribution is -0.419. The molecule has 0 aliphatic carbocycles. The molecule has 0 radical (unpaired) electrons. The minimum atomic E-state index is -4.70. The van der Waals surface area contributed by atoms with Crippen LogP contribution in [-0.2, 0) is 16.0 Å². The number of esters is 1. The monoisotopic (exact) mass is 388 g/mol. The van der Waals surface area contributed by atoms with Crippen LogP contribution in [0, 0.1) is 5.92 Å². The number of ether oxygens (including phenoxy) is 1. The van der Waals surface area contributed by atoms with Gasteiger partial charge in [-0.25, -0.2) is 0 Å². The third-order valence-electron chi connectivity index (χ3n) is 4.55. The number of hydrogen-bond acceptors (Lipinski definition) is 2. The van der Waals surface area contributed by atoms with Crippen LogP contribution in [0.1, 0.15) is 18.1 Å². The molecule has 1 unspecified atom stereocenters. The summed E-state index contributed by atoms with van der Waals surface area (Å²) in [6.45, 7) is 1.67.